The molecule has 20 heavy (non-hydrogen) atoms. The minimum atomic E-state index is -1.74. The van der Waals surface area contributed by atoms with Gasteiger partial charge in [-0.2, -0.15) is 0 Å². The molecule has 0 saturated heterocycles. The van der Waals surface area contributed by atoms with E-state index in [-0.39, 0.29) is 0 Å². The van der Waals surface area contributed by atoms with Crippen molar-refractivity contribution in [3.63, 3.8) is 0 Å². The smallest absolute Gasteiger partial charge is 0.250 e. The second kappa shape index (κ2) is 6.51. The Kier molecular flexibility index (Phi) is 5.17. The van der Waals surface area contributed by atoms with Crippen LogP contribution in [0.2, 0.25) is 0 Å². The molecular weight excluding hydrogens is 361 g/mol. The number of halogens is 4. The first kappa shape index (κ1) is 15.9. The molecular formula is C13H8Cl4O2P+. The molecule has 0 aliphatic carbocycles. The second-order valence-corrected chi connectivity index (χ2v) is 8.40. The quantitative estimate of drug-likeness (QED) is 0.319. The van der Waals surface area contributed by atoms with Gasteiger partial charge in [0.15, 0.2) is 5.58 Å². The Morgan fingerprint density at radius 2 is 1.35 bits per heavy atom. The summed E-state index contributed by atoms with van der Waals surface area (Å²) in [6.07, 6.45) is 0. The van der Waals surface area contributed by atoms with Crippen molar-refractivity contribution < 1.29 is 8.76 Å². The van der Waals surface area contributed by atoms with Crippen LogP contribution in [0.4, 0.5) is 0 Å². The molecule has 3 aromatic rings. The van der Waals surface area contributed by atoms with Crippen molar-refractivity contribution in [2.24, 2.45) is 0 Å². The maximum absolute atomic E-state index is 11.8. The van der Waals surface area contributed by atoms with Crippen molar-refractivity contribution in [2.75, 3.05) is 0 Å². The van der Waals surface area contributed by atoms with Gasteiger partial charge in [0.2, 0.25) is 5.12 Å². The van der Waals surface area contributed by atoms with Crippen LogP contribution in [0.25, 0.3) is 21.5 Å². The van der Waals surface area contributed by atoms with Gasteiger partial charge >= 0.3 is 7.65 Å². The molecule has 0 amide bonds. The molecule has 1 atom stereocenters. The SMILES string of the molecule is ClC(Cl)(Cl)Cl.O=[p+]1oc2ccccc2c2ccccc21. The van der Waals surface area contributed by atoms with Gasteiger partial charge in [0.1, 0.15) is 0 Å². The van der Waals surface area contributed by atoms with Gasteiger partial charge in [-0.3, -0.25) is 0 Å². The van der Waals surface area contributed by atoms with E-state index in [0.29, 0.717) is 5.58 Å². The zero-order valence-corrected chi connectivity index (χ0v) is 13.8. The molecule has 0 N–H and O–H groups in total. The van der Waals surface area contributed by atoms with Crippen molar-refractivity contribution in [3.8, 4) is 0 Å². The highest BCUT2D eigenvalue weighted by atomic mass is 35.6. The Balaban J connectivity index is 0.000000257. The number of hydrogen-bond donors (Lipinski definition) is 0. The van der Waals surface area contributed by atoms with Crippen LogP contribution in [-0.2, 0) is 4.57 Å². The average molecular weight is 369 g/mol. The zero-order chi connectivity index (χ0) is 14.8. The lowest BCUT2D eigenvalue weighted by atomic mass is 10.1. The summed E-state index contributed by atoms with van der Waals surface area (Å²) >= 11 is 19.3. The number of hydrogen-bond acceptors (Lipinski definition) is 2. The molecule has 3 rings (SSSR count). The highest BCUT2D eigenvalue weighted by molar-refractivity contribution is 7.37. The fourth-order valence-corrected chi connectivity index (χ4v) is 2.80. The van der Waals surface area contributed by atoms with E-state index in [1.165, 1.54) is 0 Å². The Bertz CT molecular complexity index is 789. The molecule has 1 aromatic heterocycles. The maximum Gasteiger partial charge on any atom is 0.597 e. The van der Waals surface area contributed by atoms with Crippen LogP contribution in [0, 0.1) is 0 Å². The van der Waals surface area contributed by atoms with Crippen molar-refractivity contribution in [1.29, 1.82) is 0 Å². The van der Waals surface area contributed by atoms with E-state index in [1.54, 1.807) is 0 Å². The van der Waals surface area contributed by atoms with E-state index in [9.17, 15) is 4.57 Å². The molecule has 0 bridgehead atoms. The van der Waals surface area contributed by atoms with Gasteiger partial charge in [-0.05, 0) is 22.8 Å². The minimum Gasteiger partial charge on any atom is -0.250 e. The number of rotatable bonds is 0. The molecule has 0 radical (unpaired) electrons. The second-order valence-electron chi connectivity index (χ2n) is 3.79. The van der Waals surface area contributed by atoms with Crippen LogP contribution in [0.1, 0.15) is 0 Å². The average Bonchev–Trinajstić information content (AvgIpc) is 2.37. The molecule has 1 heterocycles. The van der Waals surface area contributed by atoms with E-state index in [1.807, 2.05) is 48.5 Å². The number of benzene rings is 2. The fourth-order valence-electron chi connectivity index (χ4n) is 1.77. The standard InChI is InChI=1S/C12H8O2P.CCl4/c13-15-12-8-4-2-6-10(12)9-5-1-3-7-11(9)14-15;2-1(3,4)5/h1-8H;/q+1;. The fraction of sp³-hybridized carbons (Fsp3) is 0.0769. The van der Waals surface area contributed by atoms with Crippen molar-refractivity contribution >= 4 is 75.5 Å². The third-order valence-electron chi connectivity index (χ3n) is 2.46. The summed E-state index contributed by atoms with van der Waals surface area (Å²) in [5, 5.41) is 2.81. The molecule has 104 valence electrons. The van der Waals surface area contributed by atoms with Crippen molar-refractivity contribution in [2.45, 2.75) is 3.25 Å². The van der Waals surface area contributed by atoms with Gasteiger partial charge in [-0.1, -0.05) is 76.7 Å². The summed E-state index contributed by atoms with van der Waals surface area (Å²) in [6.45, 7) is 0. The van der Waals surface area contributed by atoms with E-state index < -0.39 is 10.9 Å². The van der Waals surface area contributed by atoms with Crippen LogP contribution in [0.15, 0.2) is 52.7 Å². The summed E-state index contributed by atoms with van der Waals surface area (Å²) in [4.78, 5) is 0. The van der Waals surface area contributed by atoms with E-state index in [2.05, 4.69) is 0 Å². The molecule has 0 aliphatic heterocycles. The minimum absolute atomic E-state index is 0.706. The predicted molar refractivity (Wildman–Crippen MR) is 87.5 cm³/mol. The Morgan fingerprint density at radius 1 is 0.850 bits per heavy atom. The van der Waals surface area contributed by atoms with Gasteiger partial charge < -0.3 is 0 Å². The van der Waals surface area contributed by atoms with E-state index >= 15 is 0 Å². The lowest BCUT2D eigenvalue weighted by Gasteiger charge is -1.94. The van der Waals surface area contributed by atoms with Gasteiger partial charge in [0.05, 0.1) is 0 Å². The van der Waals surface area contributed by atoms with Crippen LogP contribution >= 0.6 is 54.1 Å². The Morgan fingerprint density at radius 3 is 2.00 bits per heavy atom. The summed E-state index contributed by atoms with van der Waals surface area (Å²) in [5.41, 5.74) is 0.706. The number of alkyl halides is 4. The zero-order valence-electron chi connectivity index (χ0n) is 9.89. The molecule has 2 nitrogen and oxygen atoms in total. The first-order chi connectivity index (χ1) is 9.36. The first-order valence-corrected chi connectivity index (χ1v) is 8.14. The number of para-hydroxylation sites is 1. The Hall–Kier alpha value is -0.500. The molecule has 0 aliphatic rings. The lowest BCUT2D eigenvalue weighted by molar-refractivity contribution is 0.563. The third kappa shape index (κ3) is 4.25. The van der Waals surface area contributed by atoms with Gasteiger partial charge in [0, 0.05) is 10.8 Å². The molecule has 0 spiro atoms. The van der Waals surface area contributed by atoms with Gasteiger partial charge in [-0.25, -0.2) is 4.20 Å². The van der Waals surface area contributed by atoms with E-state index in [4.69, 9.17) is 50.6 Å². The first-order valence-electron chi connectivity index (χ1n) is 5.45. The maximum atomic E-state index is 11.8. The molecule has 1 unspecified atom stereocenters. The predicted octanol–water partition coefficient (Wildman–Crippen LogP) is 6.88. The lowest BCUT2D eigenvalue weighted by Crippen LogP contribution is -1.81. The summed E-state index contributed by atoms with van der Waals surface area (Å²) < 4.78 is 15.5. The molecule has 0 fully saturated rings. The van der Waals surface area contributed by atoms with Crippen LogP contribution in [0.5, 0.6) is 0 Å². The normalized spacial score (nSPS) is 12.1. The van der Waals surface area contributed by atoms with Crippen molar-refractivity contribution in [3.05, 3.63) is 48.5 Å². The molecule has 0 saturated carbocycles. The monoisotopic (exact) mass is 367 g/mol. The molecule has 2 aromatic carbocycles. The number of fused-ring (bicyclic) bond motifs is 3. The summed E-state index contributed by atoms with van der Waals surface area (Å²) in [7, 11) is -1.74. The van der Waals surface area contributed by atoms with Crippen LogP contribution in [0.3, 0.4) is 0 Å². The van der Waals surface area contributed by atoms with Crippen molar-refractivity contribution in [1.82, 2.24) is 0 Å². The van der Waals surface area contributed by atoms with Crippen LogP contribution in [-0.4, -0.2) is 3.25 Å². The summed E-state index contributed by atoms with van der Waals surface area (Å²) in [6, 6.07) is 15.3. The highest BCUT2D eigenvalue weighted by Crippen LogP contribution is 2.34. The highest BCUT2D eigenvalue weighted by Gasteiger charge is 2.14. The van der Waals surface area contributed by atoms with Gasteiger partial charge in [0.25, 0.3) is 3.25 Å². The van der Waals surface area contributed by atoms with Gasteiger partial charge in [-0.15, -0.1) is 0 Å². The van der Waals surface area contributed by atoms with Crippen LogP contribution < -0.4 is 0 Å². The third-order valence-corrected chi connectivity index (χ3v) is 3.61. The largest absolute Gasteiger partial charge is 0.597 e. The topological polar surface area (TPSA) is 30.2 Å². The van der Waals surface area contributed by atoms with E-state index in [0.717, 1.165) is 15.9 Å². The molecule has 7 heteroatoms. The summed E-state index contributed by atoms with van der Waals surface area (Å²) in [5.74, 6) is 0. The Labute approximate surface area is 136 Å².